The van der Waals surface area contributed by atoms with E-state index in [0.29, 0.717) is 32.4 Å². The van der Waals surface area contributed by atoms with Crippen molar-refractivity contribution in [3.63, 3.8) is 0 Å². The van der Waals surface area contributed by atoms with Gasteiger partial charge < -0.3 is 20.1 Å². The van der Waals surface area contributed by atoms with Crippen molar-refractivity contribution in [1.29, 1.82) is 0 Å². The van der Waals surface area contributed by atoms with E-state index in [-0.39, 0.29) is 12.0 Å². The van der Waals surface area contributed by atoms with Crippen LogP contribution in [0.5, 0.6) is 0 Å². The number of ether oxygens (including phenoxy) is 2. The Bertz CT molecular complexity index is 436. The van der Waals surface area contributed by atoms with E-state index in [4.69, 9.17) is 10.5 Å². The number of amides is 2. The van der Waals surface area contributed by atoms with Crippen molar-refractivity contribution in [2.45, 2.75) is 44.1 Å². The first-order chi connectivity index (χ1) is 10.8. The largest absolute Gasteiger partial charge is 0.411 e. The molecule has 0 bridgehead atoms. The maximum absolute atomic E-state index is 12.0. The zero-order chi connectivity index (χ0) is 17.0. The molecule has 132 valence electrons. The van der Waals surface area contributed by atoms with E-state index in [9.17, 15) is 22.8 Å². The van der Waals surface area contributed by atoms with Crippen LogP contribution in [0.3, 0.4) is 0 Å². The molecule has 2 atom stereocenters. The number of likely N-dealkylation sites (tertiary alicyclic amines) is 1. The Balaban J connectivity index is 1.69. The van der Waals surface area contributed by atoms with Crippen molar-refractivity contribution in [3.8, 4) is 0 Å². The van der Waals surface area contributed by atoms with Crippen LogP contribution in [0.15, 0.2) is 0 Å². The number of carbonyl (C=O) groups excluding carboxylic acids is 2. The van der Waals surface area contributed by atoms with Gasteiger partial charge in [-0.2, -0.15) is 13.2 Å². The highest BCUT2D eigenvalue weighted by Crippen LogP contribution is 2.31. The lowest BCUT2D eigenvalue weighted by Gasteiger charge is -2.34. The van der Waals surface area contributed by atoms with Gasteiger partial charge in [0.2, 0.25) is 11.8 Å². The highest BCUT2D eigenvalue weighted by Gasteiger charge is 2.36. The van der Waals surface area contributed by atoms with Crippen LogP contribution in [0.2, 0.25) is 0 Å². The number of hydrogen-bond donors (Lipinski definition) is 1. The molecule has 9 heteroatoms. The van der Waals surface area contributed by atoms with E-state index in [1.807, 2.05) is 0 Å². The number of nitrogens with zero attached hydrogens (tertiary/aromatic N) is 1. The molecule has 2 fully saturated rings. The highest BCUT2D eigenvalue weighted by molar-refractivity contribution is 5.79. The summed E-state index contributed by atoms with van der Waals surface area (Å²) in [7, 11) is 0. The highest BCUT2D eigenvalue weighted by atomic mass is 19.4. The fraction of sp³-hybridized carbons (Fsp3) is 0.857. The van der Waals surface area contributed by atoms with Crippen LogP contribution >= 0.6 is 0 Å². The van der Waals surface area contributed by atoms with Crippen LogP contribution < -0.4 is 5.73 Å². The maximum Gasteiger partial charge on any atom is 0.411 e. The molecule has 0 saturated carbocycles. The van der Waals surface area contributed by atoms with Gasteiger partial charge in [0.25, 0.3) is 0 Å². The molecule has 0 unspecified atom stereocenters. The molecule has 0 aromatic carbocycles. The minimum Gasteiger partial charge on any atom is -0.367 e. The Morgan fingerprint density at radius 3 is 2.35 bits per heavy atom. The second-order valence-corrected chi connectivity index (χ2v) is 5.97. The van der Waals surface area contributed by atoms with Crippen molar-refractivity contribution in [3.05, 3.63) is 0 Å². The van der Waals surface area contributed by atoms with E-state index in [1.54, 1.807) is 0 Å². The van der Waals surface area contributed by atoms with Gasteiger partial charge in [0, 0.05) is 13.1 Å². The van der Waals surface area contributed by atoms with Gasteiger partial charge in [-0.15, -0.1) is 0 Å². The Morgan fingerprint density at radius 1 is 1.17 bits per heavy atom. The fourth-order valence-corrected chi connectivity index (χ4v) is 3.08. The molecule has 23 heavy (non-hydrogen) atoms. The zero-order valence-electron chi connectivity index (χ0n) is 12.7. The van der Waals surface area contributed by atoms with Gasteiger partial charge in [-0.1, -0.05) is 0 Å². The SMILES string of the molecule is NC(=O)[C@H]1CC[C@@H](C2CCN(C(=O)COCC(F)(F)F)CC2)O1. The second kappa shape index (κ2) is 7.48. The zero-order valence-corrected chi connectivity index (χ0v) is 12.7. The molecule has 6 nitrogen and oxygen atoms in total. The van der Waals surface area contributed by atoms with E-state index in [0.717, 1.165) is 6.42 Å². The van der Waals surface area contributed by atoms with Crippen LogP contribution in [-0.2, 0) is 19.1 Å². The standard InChI is InChI=1S/C14H21F3N2O4/c15-14(16,17)8-22-7-12(20)19-5-3-9(4-6-19)10-1-2-11(23-10)13(18)21/h9-11H,1-8H2,(H2,18,21)/t10-,11+/m0/s1. The summed E-state index contributed by atoms with van der Waals surface area (Å²) in [6.45, 7) is -1.06. The molecule has 2 rings (SSSR count). The Labute approximate surface area is 132 Å². The molecule has 2 aliphatic heterocycles. The van der Waals surface area contributed by atoms with Crippen LogP contribution in [-0.4, -0.2) is 61.4 Å². The lowest BCUT2D eigenvalue weighted by atomic mass is 9.89. The third-order valence-electron chi connectivity index (χ3n) is 4.28. The number of hydrogen-bond acceptors (Lipinski definition) is 4. The van der Waals surface area contributed by atoms with E-state index in [2.05, 4.69) is 4.74 Å². The van der Waals surface area contributed by atoms with Crippen molar-refractivity contribution in [1.82, 2.24) is 4.90 Å². The molecule has 2 saturated heterocycles. The third-order valence-corrected chi connectivity index (χ3v) is 4.28. The molecule has 0 aromatic rings. The van der Waals surface area contributed by atoms with Gasteiger partial charge in [-0.05, 0) is 31.6 Å². The van der Waals surface area contributed by atoms with Gasteiger partial charge in [-0.25, -0.2) is 0 Å². The minimum absolute atomic E-state index is 0.0359. The first kappa shape index (κ1) is 18.0. The van der Waals surface area contributed by atoms with E-state index < -0.39 is 37.3 Å². The number of halogens is 3. The van der Waals surface area contributed by atoms with Gasteiger partial charge >= 0.3 is 6.18 Å². The molecule has 2 amide bonds. The number of primary amides is 1. The molecule has 2 heterocycles. The molecule has 0 spiro atoms. The van der Waals surface area contributed by atoms with Gasteiger partial charge in [-0.3, -0.25) is 9.59 Å². The summed E-state index contributed by atoms with van der Waals surface area (Å²) in [6.07, 6.45) is -2.22. The molecular formula is C14H21F3N2O4. The average molecular weight is 338 g/mol. The Kier molecular flexibility index (Phi) is 5.85. The second-order valence-electron chi connectivity index (χ2n) is 5.97. The summed E-state index contributed by atoms with van der Waals surface area (Å²) in [5, 5.41) is 0. The van der Waals surface area contributed by atoms with Crippen LogP contribution in [0.4, 0.5) is 13.2 Å². The van der Waals surface area contributed by atoms with Crippen molar-refractivity contribution >= 4 is 11.8 Å². The van der Waals surface area contributed by atoms with Crippen molar-refractivity contribution in [2.75, 3.05) is 26.3 Å². The average Bonchev–Trinajstić information content (AvgIpc) is 2.96. The smallest absolute Gasteiger partial charge is 0.367 e. The minimum atomic E-state index is -4.43. The number of rotatable bonds is 5. The molecule has 2 N–H and O–H groups in total. The van der Waals surface area contributed by atoms with Crippen LogP contribution in [0.25, 0.3) is 0 Å². The van der Waals surface area contributed by atoms with Gasteiger partial charge in [0.05, 0.1) is 6.10 Å². The molecule has 0 aliphatic carbocycles. The lowest BCUT2D eigenvalue weighted by molar-refractivity contribution is -0.178. The quantitative estimate of drug-likeness (QED) is 0.805. The van der Waals surface area contributed by atoms with E-state index >= 15 is 0 Å². The van der Waals surface area contributed by atoms with E-state index in [1.165, 1.54) is 4.90 Å². The Morgan fingerprint density at radius 2 is 1.83 bits per heavy atom. The Hall–Kier alpha value is -1.35. The molecule has 0 radical (unpaired) electrons. The number of carbonyl (C=O) groups is 2. The van der Waals surface area contributed by atoms with Crippen molar-refractivity contribution < 1.29 is 32.2 Å². The molecular weight excluding hydrogens is 317 g/mol. The summed E-state index contributed by atoms with van der Waals surface area (Å²) < 4.78 is 45.9. The van der Waals surface area contributed by atoms with Crippen molar-refractivity contribution in [2.24, 2.45) is 11.7 Å². The summed E-state index contributed by atoms with van der Waals surface area (Å²) in [5.74, 6) is -0.656. The van der Waals surface area contributed by atoms with Gasteiger partial charge in [0.15, 0.2) is 0 Å². The van der Waals surface area contributed by atoms with Gasteiger partial charge in [0.1, 0.15) is 19.3 Å². The third kappa shape index (κ3) is 5.35. The monoisotopic (exact) mass is 338 g/mol. The normalized spacial score (nSPS) is 26.5. The summed E-state index contributed by atoms with van der Waals surface area (Å²) >= 11 is 0. The first-order valence-electron chi connectivity index (χ1n) is 7.63. The number of piperidine rings is 1. The summed E-state index contributed by atoms with van der Waals surface area (Å²) in [5.41, 5.74) is 5.22. The predicted octanol–water partition coefficient (Wildman–Crippen LogP) is 0.837. The maximum atomic E-state index is 12.0. The number of alkyl halides is 3. The fourth-order valence-electron chi connectivity index (χ4n) is 3.08. The lowest BCUT2D eigenvalue weighted by Crippen LogP contribution is -2.43. The van der Waals surface area contributed by atoms with Crippen LogP contribution in [0, 0.1) is 5.92 Å². The topological polar surface area (TPSA) is 81.9 Å². The number of nitrogens with two attached hydrogens (primary N) is 1. The molecule has 0 aromatic heterocycles. The predicted molar refractivity (Wildman–Crippen MR) is 73.3 cm³/mol. The molecule has 2 aliphatic rings. The summed E-state index contributed by atoms with van der Waals surface area (Å²) in [6, 6.07) is 0. The first-order valence-corrected chi connectivity index (χ1v) is 7.63. The summed E-state index contributed by atoms with van der Waals surface area (Å²) in [4.78, 5) is 24.4. The van der Waals surface area contributed by atoms with Crippen LogP contribution in [0.1, 0.15) is 25.7 Å².